The van der Waals surface area contributed by atoms with Crippen LogP contribution in [0.1, 0.15) is 31.7 Å². The molecule has 0 aliphatic carbocycles. The first-order chi connectivity index (χ1) is 7.63. The molecule has 4 heteroatoms. The number of carbonyl (C=O) groups excluding carboxylic acids is 1. The first-order valence-electron chi connectivity index (χ1n) is 5.12. The molecule has 1 aromatic rings. The normalized spacial score (nSPS) is 13.6. The molecule has 0 radical (unpaired) electrons. The van der Waals surface area contributed by atoms with Crippen LogP contribution in [0.5, 0.6) is 0 Å². The van der Waals surface area contributed by atoms with Crippen molar-refractivity contribution in [2.75, 3.05) is 0 Å². The van der Waals surface area contributed by atoms with Crippen LogP contribution in [0.4, 0.5) is 0 Å². The minimum Gasteiger partial charge on any atom is -0.447 e. The summed E-state index contributed by atoms with van der Waals surface area (Å²) < 4.78 is 4.88. The average molecular weight is 218 g/mol. The zero-order chi connectivity index (χ0) is 12.0. The second kappa shape index (κ2) is 5.86. The lowest BCUT2D eigenvalue weighted by molar-refractivity contribution is -0.146. The molecule has 0 bridgehead atoms. The maximum Gasteiger partial charge on any atom is 0.307 e. The van der Waals surface area contributed by atoms with E-state index in [9.17, 15) is 4.79 Å². The Bertz CT molecular complexity index is 384. The fourth-order valence-electron chi connectivity index (χ4n) is 1.33. The van der Waals surface area contributed by atoms with Gasteiger partial charge < -0.3 is 4.74 Å². The largest absolute Gasteiger partial charge is 0.447 e. The lowest BCUT2D eigenvalue weighted by atomic mass is 9.99. The van der Waals surface area contributed by atoms with Crippen LogP contribution >= 0.6 is 0 Å². The Morgan fingerprint density at radius 3 is 2.69 bits per heavy atom. The molecule has 2 atom stereocenters. The highest BCUT2D eigenvalue weighted by atomic mass is 16.5. The predicted molar refractivity (Wildman–Crippen MR) is 58.4 cm³/mol. The zero-order valence-corrected chi connectivity index (χ0v) is 9.38. The molecule has 0 spiro atoms. The summed E-state index contributed by atoms with van der Waals surface area (Å²) in [5.74, 6) is -0.278. The quantitative estimate of drug-likeness (QED) is 0.725. The third-order valence-electron chi connectivity index (χ3n) is 2.24. The summed E-state index contributed by atoms with van der Waals surface area (Å²) in [5.41, 5.74) is 1.04. The van der Waals surface area contributed by atoms with E-state index in [2.05, 4.69) is 4.98 Å². The van der Waals surface area contributed by atoms with Gasteiger partial charge in [-0.1, -0.05) is 6.92 Å². The maximum absolute atomic E-state index is 11.4. The highest BCUT2D eigenvalue weighted by Gasteiger charge is 2.14. The van der Waals surface area contributed by atoms with E-state index in [1.54, 1.807) is 19.3 Å². The van der Waals surface area contributed by atoms with Crippen molar-refractivity contribution in [2.24, 2.45) is 0 Å². The Balaban J connectivity index is 2.50. The smallest absolute Gasteiger partial charge is 0.307 e. The third-order valence-corrected chi connectivity index (χ3v) is 2.24. The van der Waals surface area contributed by atoms with Gasteiger partial charge in [-0.05, 0) is 30.5 Å². The molecular weight excluding hydrogens is 204 g/mol. The van der Waals surface area contributed by atoms with Crippen LogP contribution in [0, 0.1) is 11.3 Å². The van der Waals surface area contributed by atoms with Gasteiger partial charge in [0.25, 0.3) is 0 Å². The Kier molecular flexibility index (Phi) is 4.46. The van der Waals surface area contributed by atoms with Gasteiger partial charge in [-0.25, -0.2) is 0 Å². The molecule has 0 aromatic carbocycles. The van der Waals surface area contributed by atoms with Crippen molar-refractivity contribution < 1.29 is 9.53 Å². The second-order valence-electron chi connectivity index (χ2n) is 3.65. The molecule has 0 saturated carbocycles. The highest BCUT2D eigenvalue weighted by molar-refractivity contribution is 5.70. The Morgan fingerprint density at radius 1 is 1.50 bits per heavy atom. The molecule has 0 saturated heterocycles. The second-order valence-corrected chi connectivity index (χ2v) is 3.65. The van der Waals surface area contributed by atoms with Crippen LogP contribution in [0.2, 0.25) is 0 Å². The standard InChI is InChI=1S/C12H14N2O2/c1-9(11-3-5-14-6-4-11)7-12(15)16-10(2)8-13/h3-6,9-10H,7H2,1-2H3/t9-,10-/m1/s1. The summed E-state index contributed by atoms with van der Waals surface area (Å²) in [5, 5.41) is 8.50. The molecular formula is C12H14N2O2. The topological polar surface area (TPSA) is 63.0 Å². The summed E-state index contributed by atoms with van der Waals surface area (Å²) in [6, 6.07) is 5.59. The molecule has 1 heterocycles. The Hall–Kier alpha value is -1.89. The van der Waals surface area contributed by atoms with Crippen molar-refractivity contribution in [1.29, 1.82) is 5.26 Å². The minimum absolute atomic E-state index is 0.0707. The first kappa shape index (κ1) is 12.2. The van der Waals surface area contributed by atoms with Crippen molar-refractivity contribution >= 4 is 5.97 Å². The number of nitriles is 1. The Labute approximate surface area is 94.9 Å². The SMILES string of the molecule is C[C@H](C#N)OC(=O)C[C@@H](C)c1ccncc1. The van der Waals surface area contributed by atoms with Crippen LogP contribution in [0.15, 0.2) is 24.5 Å². The van der Waals surface area contributed by atoms with Gasteiger partial charge >= 0.3 is 5.97 Å². The maximum atomic E-state index is 11.4. The summed E-state index contributed by atoms with van der Waals surface area (Å²) >= 11 is 0. The molecule has 0 fully saturated rings. The van der Waals surface area contributed by atoms with Crippen molar-refractivity contribution in [3.05, 3.63) is 30.1 Å². The molecule has 84 valence electrons. The molecule has 16 heavy (non-hydrogen) atoms. The lowest BCUT2D eigenvalue weighted by Gasteiger charge is -2.11. The van der Waals surface area contributed by atoms with Gasteiger partial charge in [0.2, 0.25) is 0 Å². The monoisotopic (exact) mass is 218 g/mol. The lowest BCUT2D eigenvalue weighted by Crippen LogP contribution is -2.14. The van der Waals surface area contributed by atoms with Crippen molar-refractivity contribution in [3.63, 3.8) is 0 Å². The number of hydrogen-bond acceptors (Lipinski definition) is 4. The van der Waals surface area contributed by atoms with Gasteiger partial charge in [0, 0.05) is 12.4 Å². The van der Waals surface area contributed by atoms with Gasteiger partial charge in [0.1, 0.15) is 6.07 Å². The number of aromatic nitrogens is 1. The van der Waals surface area contributed by atoms with Crippen LogP contribution in [-0.4, -0.2) is 17.1 Å². The number of hydrogen-bond donors (Lipinski definition) is 0. The number of pyridine rings is 1. The molecule has 0 unspecified atom stereocenters. The van der Waals surface area contributed by atoms with Crippen molar-refractivity contribution in [1.82, 2.24) is 4.98 Å². The summed E-state index contributed by atoms with van der Waals surface area (Å²) in [6.07, 6.45) is 2.97. The van der Waals surface area contributed by atoms with E-state index in [0.29, 0.717) is 0 Å². The number of rotatable bonds is 4. The Morgan fingerprint density at radius 2 is 2.12 bits per heavy atom. The van der Waals surface area contributed by atoms with Gasteiger partial charge in [0.15, 0.2) is 6.10 Å². The summed E-state index contributed by atoms with van der Waals surface area (Å²) in [6.45, 7) is 3.49. The van der Waals surface area contributed by atoms with E-state index in [1.807, 2.05) is 25.1 Å². The van der Waals surface area contributed by atoms with Crippen LogP contribution < -0.4 is 0 Å². The molecule has 0 amide bonds. The van der Waals surface area contributed by atoms with E-state index in [0.717, 1.165) is 5.56 Å². The fourth-order valence-corrected chi connectivity index (χ4v) is 1.33. The third kappa shape index (κ3) is 3.70. The molecule has 0 aliphatic heterocycles. The van der Waals surface area contributed by atoms with E-state index in [1.165, 1.54) is 0 Å². The molecule has 0 aliphatic rings. The number of nitrogens with zero attached hydrogens (tertiary/aromatic N) is 2. The van der Waals surface area contributed by atoms with Crippen LogP contribution in [0.3, 0.4) is 0 Å². The highest BCUT2D eigenvalue weighted by Crippen LogP contribution is 2.18. The number of ether oxygens (including phenoxy) is 1. The fraction of sp³-hybridized carbons (Fsp3) is 0.417. The van der Waals surface area contributed by atoms with Gasteiger partial charge in [0.05, 0.1) is 6.42 Å². The minimum atomic E-state index is -0.683. The van der Waals surface area contributed by atoms with E-state index >= 15 is 0 Å². The summed E-state index contributed by atoms with van der Waals surface area (Å²) in [4.78, 5) is 15.3. The van der Waals surface area contributed by atoms with Crippen molar-refractivity contribution in [3.8, 4) is 6.07 Å². The number of carbonyl (C=O) groups is 1. The van der Waals surface area contributed by atoms with E-state index in [-0.39, 0.29) is 18.3 Å². The van der Waals surface area contributed by atoms with E-state index < -0.39 is 6.10 Å². The van der Waals surface area contributed by atoms with Crippen molar-refractivity contribution in [2.45, 2.75) is 32.3 Å². The first-order valence-corrected chi connectivity index (χ1v) is 5.12. The molecule has 1 rings (SSSR count). The van der Waals surface area contributed by atoms with Gasteiger partial charge in [-0.3, -0.25) is 9.78 Å². The van der Waals surface area contributed by atoms with E-state index in [4.69, 9.17) is 10.00 Å². The molecule has 0 N–H and O–H groups in total. The van der Waals surface area contributed by atoms with Crippen LogP contribution in [-0.2, 0) is 9.53 Å². The molecule has 4 nitrogen and oxygen atoms in total. The van der Waals surface area contributed by atoms with Crippen LogP contribution in [0.25, 0.3) is 0 Å². The predicted octanol–water partition coefficient (Wildman–Crippen LogP) is 2.03. The average Bonchev–Trinajstić information content (AvgIpc) is 2.29. The van der Waals surface area contributed by atoms with Gasteiger partial charge in [-0.2, -0.15) is 5.26 Å². The number of esters is 1. The van der Waals surface area contributed by atoms with Gasteiger partial charge in [-0.15, -0.1) is 0 Å². The summed E-state index contributed by atoms with van der Waals surface area (Å²) in [7, 11) is 0. The zero-order valence-electron chi connectivity index (χ0n) is 9.38. The molecule has 1 aromatic heterocycles.